The molecule has 0 spiro atoms. The number of anilines is 3. The van der Waals surface area contributed by atoms with Crippen LogP contribution in [0.15, 0.2) is 6.07 Å². The Kier molecular flexibility index (Phi) is 4.08. The van der Waals surface area contributed by atoms with Gasteiger partial charge in [0.2, 0.25) is 11.9 Å². The molecule has 94 valence electrons. The second kappa shape index (κ2) is 5.33. The first-order chi connectivity index (χ1) is 7.93. The number of amides is 1. The summed E-state index contributed by atoms with van der Waals surface area (Å²) in [7, 11) is 3.41. The van der Waals surface area contributed by atoms with Crippen LogP contribution < -0.4 is 16.4 Å². The molecule has 1 aromatic heterocycles. The topological polar surface area (TPSA) is 101 Å². The molecule has 0 aromatic carbocycles. The Morgan fingerprint density at radius 2 is 2.00 bits per heavy atom. The third kappa shape index (κ3) is 3.47. The van der Waals surface area contributed by atoms with Crippen molar-refractivity contribution in [3.8, 4) is 0 Å². The van der Waals surface area contributed by atoms with Gasteiger partial charge in [-0.2, -0.15) is 9.97 Å². The molecule has 1 heterocycles. The number of aromatic nitrogens is 2. The molecule has 0 aliphatic carbocycles. The molecule has 1 amide bonds. The first-order valence-corrected chi connectivity index (χ1v) is 5.29. The van der Waals surface area contributed by atoms with E-state index < -0.39 is 0 Å². The standard InChI is InChI=1S/C10H18N6O/c1-4-16(6-9(17)15(2)3)8-5-7(11)13-10(12)14-8/h5H,4,6H2,1-3H3,(H4,11,12,13,14). The summed E-state index contributed by atoms with van der Waals surface area (Å²) in [6.45, 7) is 2.80. The molecule has 0 atom stereocenters. The minimum absolute atomic E-state index is 0.0115. The van der Waals surface area contributed by atoms with Crippen molar-refractivity contribution in [2.24, 2.45) is 0 Å². The maximum Gasteiger partial charge on any atom is 0.241 e. The fourth-order valence-electron chi connectivity index (χ4n) is 1.29. The summed E-state index contributed by atoms with van der Waals surface area (Å²) in [4.78, 5) is 22.8. The molecule has 0 radical (unpaired) electrons. The summed E-state index contributed by atoms with van der Waals surface area (Å²) >= 11 is 0. The number of rotatable bonds is 4. The largest absolute Gasteiger partial charge is 0.383 e. The maximum absolute atomic E-state index is 11.6. The molecule has 1 rings (SSSR count). The minimum atomic E-state index is -0.0115. The van der Waals surface area contributed by atoms with Crippen LogP contribution in [-0.4, -0.2) is 48.0 Å². The van der Waals surface area contributed by atoms with Crippen LogP contribution >= 0.6 is 0 Å². The van der Waals surface area contributed by atoms with Crippen molar-refractivity contribution >= 4 is 23.5 Å². The van der Waals surface area contributed by atoms with Gasteiger partial charge in [-0.25, -0.2) is 0 Å². The Morgan fingerprint density at radius 1 is 1.35 bits per heavy atom. The Bertz CT molecular complexity index is 386. The minimum Gasteiger partial charge on any atom is -0.383 e. The van der Waals surface area contributed by atoms with Gasteiger partial charge in [-0.15, -0.1) is 0 Å². The summed E-state index contributed by atoms with van der Waals surface area (Å²) in [5, 5.41) is 0. The first-order valence-electron chi connectivity index (χ1n) is 5.29. The van der Waals surface area contributed by atoms with Crippen LogP contribution in [0, 0.1) is 0 Å². The molecular formula is C10H18N6O. The first kappa shape index (κ1) is 13.0. The molecule has 0 bridgehead atoms. The maximum atomic E-state index is 11.6. The average molecular weight is 238 g/mol. The second-order valence-electron chi connectivity index (χ2n) is 3.81. The lowest BCUT2D eigenvalue weighted by atomic mass is 10.4. The predicted octanol–water partition coefficient (Wildman–Crippen LogP) is -0.444. The molecule has 7 nitrogen and oxygen atoms in total. The Labute approximate surface area is 100 Å². The van der Waals surface area contributed by atoms with Gasteiger partial charge in [-0.05, 0) is 6.92 Å². The molecule has 1 aromatic rings. The molecule has 0 saturated heterocycles. The lowest BCUT2D eigenvalue weighted by Gasteiger charge is -2.23. The summed E-state index contributed by atoms with van der Waals surface area (Å²) < 4.78 is 0. The van der Waals surface area contributed by atoms with Crippen molar-refractivity contribution in [1.29, 1.82) is 0 Å². The van der Waals surface area contributed by atoms with Crippen molar-refractivity contribution in [3.05, 3.63) is 6.07 Å². The van der Waals surface area contributed by atoms with E-state index in [1.807, 2.05) is 6.92 Å². The molecule has 0 saturated carbocycles. The van der Waals surface area contributed by atoms with E-state index in [-0.39, 0.29) is 18.4 Å². The zero-order valence-electron chi connectivity index (χ0n) is 10.3. The monoisotopic (exact) mass is 238 g/mol. The number of hydrogen-bond acceptors (Lipinski definition) is 6. The summed E-state index contributed by atoms with van der Waals surface area (Å²) in [6, 6.07) is 1.60. The Hall–Kier alpha value is -2.05. The Balaban J connectivity index is 2.89. The smallest absolute Gasteiger partial charge is 0.241 e. The third-order valence-electron chi connectivity index (χ3n) is 2.28. The van der Waals surface area contributed by atoms with E-state index in [1.54, 1.807) is 25.1 Å². The molecule has 4 N–H and O–H groups in total. The number of carbonyl (C=O) groups excluding carboxylic acids is 1. The van der Waals surface area contributed by atoms with Crippen molar-refractivity contribution in [2.45, 2.75) is 6.92 Å². The van der Waals surface area contributed by atoms with Crippen LogP contribution in [0.4, 0.5) is 17.6 Å². The van der Waals surface area contributed by atoms with Gasteiger partial charge in [0, 0.05) is 26.7 Å². The molecular weight excluding hydrogens is 220 g/mol. The van der Waals surface area contributed by atoms with E-state index in [9.17, 15) is 4.79 Å². The highest BCUT2D eigenvalue weighted by molar-refractivity contribution is 5.80. The average Bonchev–Trinajstić information content (AvgIpc) is 2.23. The fraction of sp³-hybridized carbons (Fsp3) is 0.500. The van der Waals surface area contributed by atoms with Crippen LogP contribution in [0.25, 0.3) is 0 Å². The lowest BCUT2D eigenvalue weighted by Crippen LogP contribution is -2.37. The third-order valence-corrected chi connectivity index (χ3v) is 2.28. The molecule has 0 fully saturated rings. The molecule has 7 heteroatoms. The zero-order valence-corrected chi connectivity index (χ0v) is 10.3. The number of nitrogens with zero attached hydrogens (tertiary/aromatic N) is 4. The van der Waals surface area contributed by atoms with Crippen LogP contribution in [0.5, 0.6) is 0 Å². The summed E-state index contributed by atoms with van der Waals surface area (Å²) in [6.07, 6.45) is 0. The van der Waals surface area contributed by atoms with Gasteiger partial charge in [0.05, 0.1) is 6.54 Å². The SMILES string of the molecule is CCN(CC(=O)N(C)C)c1cc(N)nc(N)n1. The normalized spacial score (nSPS) is 10.1. The fourth-order valence-corrected chi connectivity index (χ4v) is 1.29. The van der Waals surface area contributed by atoms with Gasteiger partial charge >= 0.3 is 0 Å². The van der Waals surface area contributed by atoms with Crippen molar-refractivity contribution in [2.75, 3.05) is 43.6 Å². The quantitative estimate of drug-likeness (QED) is 0.737. The molecule has 0 aliphatic rings. The summed E-state index contributed by atoms with van der Waals surface area (Å²) in [5.74, 6) is 0.953. The number of carbonyl (C=O) groups is 1. The van der Waals surface area contributed by atoms with E-state index in [1.165, 1.54) is 4.90 Å². The zero-order chi connectivity index (χ0) is 13.0. The molecule has 0 unspecified atom stereocenters. The van der Waals surface area contributed by atoms with E-state index in [4.69, 9.17) is 11.5 Å². The van der Waals surface area contributed by atoms with E-state index in [0.29, 0.717) is 18.2 Å². The van der Waals surface area contributed by atoms with Crippen molar-refractivity contribution < 1.29 is 4.79 Å². The molecule has 0 aliphatic heterocycles. The van der Waals surface area contributed by atoms with E-state index in [0.717, 1.165) is 0 Å². The van der Waals surface area contributed by atoms with E-state index in [2.05, 4.69) is 9.97 Å². The number of likely N-dealkylation sites (N-methyl/N-ethyl adjacent to an activating group) is 2. The lowest BCUT2D eigenvalue weighted by molar-refractivity contribution is -0.127. The number of hydrogen-bond donors (Lipinski definition) is 2. The van der Waals surface area contributed by atoms with Crippen LogP contribution in [0.2, 0.25) is 0 Å². The highest BCUT2D eigenvalue weighted by Crippen LogP contribution is 2.14. The van der Waals surface area contributed by atoms with Crippen molar-refractivity contribution in [3.63, 3.8) is 0 Å². The van der Waals surface area contributed by atoms with Gasteiger partial charge in [0.1, 0.15) is 11.6 Å². The highest BCUT2D eigenvalue weighted by Gasteiger charge is 2.13. The van der Waals surface area contributed by atoms with Crippen LogP contribution in [-0.2, 0) is 4.79 Å². The van der Waals surface area contributed by atoms with Crippen LogP contribution in [0.1, 0.15) is 6.92 Å². The van der Waals surface area contributed by atoms with Gasteiger partial charge in [0.15, 0.2) is 0 Å². The van der Waals surface area contributed by atoms with Crippen LogP contribution in [0.3, 0.4) is 0 Å². The Morgan fingerprint density at radius 3 is 2.47 bits per heavy atom. The van der Waals surface area contributed by atoms with Gasteiger partial charge in [-0.1, -0.05) is 0 Å². The number of nitrogens with two attached hydrogens (primary N) is 2. The highest BCUT2D eigenvalue weighted by atomic mass is 16.2. The predicted molar refractivity (Wildman–Crippen MR) is 67.4 cm³/mol. The van der Waals surface area contributed by atoms with Gasteiger partial charge in [-0.3, -0.25) is 4.79 Å². The van der Waals surface area contributed by atoms with Gasteiger partial charge in [0.25, 0.3) is 0 Å². The summed E-state index contributed by atoms with van der Waals surface area (Å²) in [5.41, 5.74) is 11.1. The second-order valence-corrected chi connectivity index (χ2v) is 3.81. The van der Waals surface area contributed by atoms with Crippen molar-refractivity contribution in [1.82, 2.24) is 14.9 Å². The van der Waals surface area contributed by atoms with Gasteiger partial charge < -0.3 is 21.3 Å². The molecule has 17 heavy (non-hydrogen) atoms. The van der Waals surface area contributed by atoms with E-state index >= 15 is 0 Å². The number of nitrogen functional groups attached to an aromatic ring is 2.